The summed E-state index contributed by atoms with van der Waals surface area (Å²) in [4.78, 5) is 2.64. The third kappa shape index (κ3) is 2.53. The van der Waals surface area contributed by atoms with Gasteiger partial charge in [0.25, 0.3) is 0 Å². The van der Waals surface area contributed by atoms with Crippen LogP contribution in [0.25, 0.3) is 0 Å². The van der Waals surface area contributed by atoms with Crippen LogP contribution in [-0.4, -0.2) is 0 Å². The van der Waals surface area contributed by atoms with Crippen LogP contribution in [-0.2, 0) is 0 Å². The molecule has 0 aliphatic rings. The predicted octanol–water partition coefficient (Wildman–Crippen LogP) is 4.66. The molecule has 0 aromatic heterocycles. The number of hydrogen-bond acceptors (Lipinski definition) is 2. The Morgan fingerprint density at radius 3 is 2.35 bits per heavy atom. The van der Waals surface area contributed by atoms with Gasteiger partial charge < -0.3 is 4.74 Å². The van der Waals surface area contributed by atoms with Crippen molar-refractivity contribution >= 4 is 17.5 Å². The van der Waals surface area contributed by atoms with Gasteiger partial charge in [0.2, 0.25) is 0 Å². The molecule has 0 unspecified atom stereocenters. The van der Waals surface area contributed by atoms with Crippen molar-refractivity contribution in [1.82, 2.24) is 0 Å². The lowest BCUT2D eigenvalue weighted by Crippen LogP contribution is -1.94. The molecule has 0 spiro atoms. The molecule has 0 fully saturated rings. The number of aryl methyl sites for hydroxylation is 1. The maximum Gasteiger partial charge on any atom is 0.135 e. The van der Waals surface area contributed by atoms with Crippen LogP contribution in [0.1, 0.15) is 11.1 Å². The summed E-state index contributed by atoms with van der Waals surface area (Å²) in [5, 5.41) is 0. The lowest BCUT2D eigenvalue weighted by molar-refractivity contribution is 0.475. The van der Waals surface area contributed by atoms with Crippen molar-refractivity contribution in [3.05, 3.63) is 53.6 Å². The van der Waals surface area contributed by atoms with Crippen LogP contribution in [0, 0.1) is 13.8 Å². The summed E-state index contributed by atoms with van der Waals surface area (Å²) >= 11 is 5.65. The summed E-state index contributed by atoms with van der Waals surface area (Å²) in [5.74, 6) is 1.67. The molecule has 2 aromatic rings. The zero-order chi connectivity index (χ0) is 12.3. The lowest BCUT2D eigenvalue weighted by Gasteiger charge is -2.14. The highest BCUT2D eigenvalue weighted by Gasteiger charge is 2.09. The van der Waals surface area contributed by atoms with Crippen LogP contribution < -0.4 is 9.57 Å². The minimum Gasteiger partial charge on any atom is -0.457 e. The Morgan fingerprint density at radius 2 is 1.71 bits per heavy atom. The first-order chi connectivity index (χ1) is 8.22. The third-order valence-corrected chi connectivity index (χ3v) is 2.87. The van der Waals surface area contributed by atoms with Gasteiger partial charge in [-0.15, -0.1) is 0 Å². The minimum absolute atomic E-state index is 0.824. The van der Waals surface area contributed by atoms with E-state index in [0.717, 1.165) is 28.3 Å². The minimum atomic E-state index is 0.824. The summed E-state index contributed by atoms with van der Waals surface area (Å²) in [6, 6.07) is 13.6. The highest BCUT2D eigenvalue weighted by Crippen LogP contribution is 2.33. The Bertz CT molecular complexity index is 511. The van der Waals surface area contributed by atoms with Gasteiger partial charge >= 0.3 is 0 Å². The smallest absolute Gasteiger partial charge is 0.135 e. The molecule has 0 amide bonds. The van der Waals surface area contributed by atoms with E-state index in [1.807, 2.05) is 56.3 Å². The number of halogens is 1. The van der Waals surface area contributed by atoms with E-state index >= 15 is 0 Å². The van der Waals surface area contributed by atoms with Crippen molar-refractivity contribution in [1.29, 1.82) is 0 Å². The van der Waals surface area contributed by atoms with E-state index in [1.54, 1.807) is 0 Å². The fourth-order valence-electron chi connectivity index (χ4n) is 1.69. The third-order valence-electron chi connectivity index (χ3n) is 2.67. The fourth-order valence-corrected chi connectivity index (χ4v) is 1.90. The normalized spacial score (nSPS) is 10.1. The zero-order valence-corrected chi connectivity index (χ0v) is 10.6. The largest absolute Gasteiger partial charge is 0.457 e. The van der Waals surface area contributed by atoms with Crippen molar-refractivity contribution < 1.29 is 4.74 Å². The highest BCUT2D eigenvalue weighted by atomic mass is 35.5. The molecule has 1 N–H and O–H groups in total. The lowest BCUT2D eigenvalue weighted by atomic mass is 10.1. The molecule has 0 aliphatic heterocycles. The fraction of sp³-hybridized carbons (Fsp3) is 0.143. The topological polar surface area (TPSA) is 21.3 Å². The first kappa shape index (κ1) is 11.8. The first-order valence-electron chi connectivity index (χ1n) is 5.42. The molecule has 88 valence electrons. The number of benzene rings is 2. The van der Waals surface area contributed by atoms with Crippen molar-refractivity contribution in [2.75, 3.05) is 4.84 Å². The molecule has 0 radical (unpaired) electrons. The van der Waals surface area contributed by atoms with E-state index in [4.69, 9.17) is 16.5 Å². The van der Waals surface area contributed by atoms with Gasteiger partial charge in [0, 0.05) is 17.3 Å². The van der Waals surface area contributed by atoms with Crippen molar-refractivity contribution in [3.8, 4) is 11.5 Å². The summed E-state index contributed by atoms with van der Waals surface area (Å²) in [5.41, 5.74) is 2.95. The Balaban J connectivity index is 2.38. The average molecular weight is 248 g/mol. The summed E-state index contributed by atoms with van der Waals surface area (Å²) in [6.07, 6.45) is 0. The van der Waals surface area contributed by atoms with Gasteiger partial charge in [0.1, 0.15) is 11.5 Å². The van der Waals surface area contributed by atoms with E-state index in [9.17, 15) is 0 Å². The number of para-hydroxylation sites is 1. The maximum atomic E-state index is 5.88. The number of ether oxygens (including phenoxy) is 1. The average Bonchev–Trinajstić information content (AvgIpc) is 2.36. The Hall–Kier alpha value is -1.67. The standard InChI is InChI=1S/C14H14ClNO/c1-10-8-9-13(16-15)11(2)14(10)17-12-6-4-3-5-7-12/h3-9,16H,1-2H3. The monoisotopic (exact) mass is 247 g/mol. The van der Waals surface area contributed by atoms with Crippen molar-refractivity contribution in [2.45, 2.75) is 13.8 Å². The number of hydrogen-bond donors (Lipinski definition) is 1. The molecule has 0 aliphatic carbocycles. The highest BCUT2D eigenvalue weighted by molar-refractivity contribution is 6.24. The van der Waals surface area contributed by atoms with Crippen LogP contribution in [0.4, 0.5) is 5.69 Å². The molecule has 17 heavy (non-hydrogen) atoms. The van der Waals surface area contributed by atoms with Gasteiger partial charge in [0.05, 0.1) is 5.69 Å². The molecule has 0 atom stereocenters. The second-order valence-electron chi connectivity index (χ2n) is 3.89. The van der Waals surface area contributed by atoms with Crippen LogP contribution in [0.2, 0.25) is 0 Å². The van der Waals surface area contributed by atoms with Gasteiger partial charge in [-0.2, -0.15) is 0 Å². The van der Waals surface area contributed by atoms with Gasteiger partial charge in [-0.05, 0) is 37.6 Å². The van der Waals surface area contributed by atoms with Crippen LogP contribution in [0.5, 0.6) is 11.5 Å². The molecule has 2 aromatic carbocycles. The quantitative estimate of drug-likeness (QED) is 0.797. The van der Waals surface area contributed by atoms with Gasteiger partial charge in [0.15, 0.2) is 0 Å². The summed E-state index contributed by atoms with van der Waals surface area (Å²) < 4.78 is 5.88. The van der Waals surface area contributed by atoms with Crippen LogP contribution in [0.15, 0.2) is 42.5 Å². The second kappa shape index (κ2) is 5.11. The molecule has 0 bridgehead atoms. The van der Waals surface area contributed by atoms with Crippen LogP contribution >= 0.6 is 11.8 Å². The number of anilines is 1. The zero-order valence-electron chi connectivity index (χ0n) is 9.83. The number of rotatable bonds is 3. The molecule has 3 heteroatoms. The summed E-state index contributed by atoms with van der Waals surface area (Å²) in [7, 11) is 0. The SMILES string of the molecule is Cc1ccc(NCl)c(C)c1Oc1ccccc1. The van der Waals surface area contributed by atoms with Gasteiger partial charge in [-0.1, -0.05) is 24.3 Å². The maximum absolute atomic E-state index is 5.88. The van der Waals surface area contributed by atoms with Crippen molar-refractivity contribution in [2.24, 2.45) is 0 Å². The first-order valence-corrected chi connectivity index (χ1v) is 5.80. The van der Waals surface area contributed by atoms with E-state index in [0.29, 0.717) is 0 Å². The summed E-state index contributed by atoms with van der Waals surface area (Å²) in [6.45, 7) is 4.00. The molecule has 2 rings (SSSR count). The Labute approximate surface area is 106 Å². The second-order valence-corrected chi connectivity index (χ2v) is 4.08. The van der Waals surface area contributed by atoms with E-state index < -0.39 is 0 Å². The van der Waals surface area contributed by atoms with Crippen LogP contribution in [0.3, 0.4) is 0 Å². The van der Waals surface area contributed by atoms with Gasteiger partial charge in [-0.3, -0.25) is 4.84 Å². The molecular weight excluding hydrogens is 234 g/mol. The predicted molar refractivity (Wildman–Crippen MR) is 71.9 cm³/mol. The number of nitrogens with one attached hydrogen (secondary N) is 1. The van der Waals surface area contributed by atoms with Crippen molar-refractivity contribution in [3.63, 3.8) is 0 Å². The van der Waals surface area contributed by atoms with E-state index in [2.05, 4.69) is 4.84 Å². The van der Waals surface area contributed by atoms with Gasteiger partial charge in [-0.25, -0.2) is 0 Å². The van der Waals surface area contributed by atoms with E-state index in [-0.39, 0.29) is 0 Å². The van der Waals surface area contributed by atoms with E-state index in [1.165, 1.54) is 0 Å². The molecule has 0 heterocycles. The Kier molecular flexibility index (Phi) is 3.55. The molecule has 2 nitrogen and oxygen atoms in total. The molecule has 0 saturated heterocycles. The Morgan fingerprint density at radius 1 is 1.00 bits per heavy atom. The molecular formula is C14H14ClNO. The molecule has 0 saturated carbocycles.